The summed E-state index contributed by atoms with van der Waals surface area (Å²) < 4.78 is 0. The van der Waals surface area contributed by atoms with Gasteiger partial charge in [0, 0.05) is 23.9 Å². The number of benzene rings is 1. The van der Waals surface area contributed by atoms with Crippen LogP contribution in [-0.4, -0.2) is 53.5 Å². The minimum absolute atomic E-state index is 0.433. The summed E-state index contributed by atoms with van der Waals surface area (Å²) in [5, 5.41) is 23.5. The molecule has 2 N–H and O–H groups in total. The van der Waals surface area contributed by atoms with Crippen LogP contribution in [0.3, 0.4) is 0 Å². The molecule has 0 aliphatic carbocycles. The van der Waals surface area contributed by atoms with Crippen LogP contribution in [-0.2, 0) is 0 Å². The molecule has 0 radical (unpaired) electrons. The van der Waals surface area contributed by atoms with E-state index in [0.29, 0.717) is 13.1 Å². The Labute approximate surface area is 113 Å². The van der Waals surface area contributed by atoms with Crippen molar-refractivity contribution in [2.24, 2.45) is 0 Å². The Morgan fingerprint density at radius 2 is 1.89 bits per heavy atom. The Kier molecular flexibility index (Phi) is 4.29. The number of aliphatic hydroxyl groups is 1. The molecule has 2 aromatic rings. The number of rotatable bonds is 5. The molecule has 5 nitrogen and oxygen atoms in total. The van der Waals surface area contributed by atoms with Gasteiger partial charge < -0.3 is 15.3 Å². The first-order valence-electron chi connectivity index (χ1n) is 6.36. The molecule has 19 heavy (non-hydrogen) atoms. The Balaban J connectivity index is 2.15. The highest BCUT2D eigenvalue weighted by molar-refractivity contribution is 5.92. The first kappa shape index (κ1) is 13.7. The summed E-state index contributed by atoms with van der Waals surface area (Å²) in [4.78, 5) is 1.95. The molecule has 1 heterocycles. The summed E-state index contributed by atoms with van der Waals surface area (Å²) in [5.41, 5.74) is 0.912. The number of aryl methyl sites for hydroxylation is 1. The monoisotopic (exact) mass is 260 g/mol. The van der Waals surface area contributed by atoms with Crippen molar-refractivity contribution < 1.29 is 5.11 Å². The lowest BCUT2D eigenvalue weighted by molar-refractivity contribution is 0.148. The predicted molar refractivity (Wildman–Crippen MR) is 77.3 cm³/mol. The smallest absolute Gasteiger partial charge is 0.156 e. The minimum Gasteiger partial charge on any atom is -0.390 e. The fourth-order valence-corrected chi connectivity index (χ4v) is 2.07. The highest BCUT2D eigenvalue weighted by Gasteiger charge is 2.09. The molecule has 2 rings (SSSR count). The van der Waals surface area contributed by atoms with E-state index in [1.54, 1.807) is 0 Å². The number of likely N-dealkylation sites (N-methyl/N-ethyl adjacent to an activating group) is 1. The maximum absolute atomic E-state index is 9.86. The van der Waals surface area contributed by atoms with Gasteiger partial charge in [0.1, 0.15) is 0 Å². The van der Waals surface area contributed by atoms with E-state index in [1.807, 2.05) is 50.2 Å². The molecule has 102 valence electrons. The lowest BCUT2D eigenvalue weighted by atomic mass is 10.1. The summed E-state index contributed by atoms with van der Waals surface area (Å²) in [7, 11) is 3.87. The van der Waals surface area contributed by atoms with Crippen LogP contribution in [0.15, 0.2) is 24.3 Å². The molecular formula is C14H20N4O. The summed E-state index contributed by atoms with van der Waals surface area (Å²) in [6, 6.07) is 8.00. The van der Waals surface area contributed by atoms with E-state index in [2.05, 4.69) is 15.5 Å². The Morgan fingerprint density at radius 1 is 1.21 bits per heavy atom. The van der Waals surface area contributed by atoms with E-state index in [-0.39, 0.29) is 0 Å². The van der Waals surface area contributed by atoms with Crippen LogP contribution >= 0.6 is 0 Å². The zero-order chi connectivity index (χ0) is 13.8. The number of anilines is 1. The molecule has 1 aromatic carbocycles. The van der Waals surface area contributed by atoms with Crippen molar-refractivity contribution >= 4 is 16.6 Å². The topological polar surface area (TPSA) is 61.3 Å². The van der Waals surface area contributed by atoms with Crippen molar-refractivity contribution in [3.63, 3.8) is 0 Å². The zero-order valence-corrected chi connectivity index (χ0v) is 11.6. The first-order chi connectivity index (χ1) is 9.08. The lowest BCUT2D eigenvalue weighted by Gasteiger charge is -2.17. The van der Waals surface area contributed by atoms with Crippen LogP contribution in [0.1, 0.15) is 5.69 Å². The van der Waals surface area contributed by atoms with Crippen molar-refractivity contribution in [2.45, 2.75) is 13.0 Å². The van der Waals surface area contributed by atoms with Crippen LogP contribution in [0.5, 0.6) is 0 Å². The number of nitrogens with zero attached hydrogens (tertiary/aromatic N) is 3. The largest absolute Gasteiger partial charge is 0.390 e. The van der Waals surface area contributed by atoms with Crippen LogP contribution in [0.4, 0.5) is 5.82 Å². The number of hydrogen-bond donors (Lipinski definition) is 2. The SMILES string of the molecule is Cc1nnc(NCC(O)CN(C)C)c2ccccc12. The van der Waals surface area contributed by atoms with Gasteiger partial charge in [-0.15, -0.1) is 5.10 Å². The second-order valence-corrected chi connectivity index (χ2v) is 4.98. The van der Waals surface area contributed by atoms with Gasteiger partial charge in [-0.1, -0.05) is 24.3 Å². The van der Waals surface area contributed by atoms with Gasteiger partial charge in [0.25, 0.3) is 0 Å². The lowest BCUT2D eigenvalue weighted by Crippen LogP contribution is -2.31. The highest BCUT2D eigenvalue weighted by Crippen LogP contribution is 2.21. The van der Waals surface area contributed by atoms with Crippen molar-refractivity contribution in [1.82, 2.24) is 15.1 Å². The van der Waals surface area contributed by atoms with Gasteiger partial charge in [-0.2, -0.15) is 5.10 Å². The van der Waals surface area contributed by atoms with Crippen molar-refractivity contribution in [3.05, 3.63) is 30.0 Å². The normalized spacial score (nSPS) is 12.9. The molecule has 0 fully saturated rings. The van der Waals surface area contributed by atoms with Crippen molar-refractivity contribution in [2.75, 3.05) is 32.5 Å². The maximum Gasteiger partial charge on any atom is 0.156 e. The van der Waals surface area contributed by atoms with Crippen LogP contribution in [0.25, 0.3) is 10.8 Å². The molecule has 1 unspecified atom stereocenters. The number of fused-ring (bicyclic) bond motifs is 1. The van der Waals surface area contributed by atoms with E-state index < -0.39 is 6.10 Å². The molecular weight excluding hydrogens is 240 g/mol. The molecule has 1 aromatic heterocycles. The van der Waals surface area contributed by atoms with Crippen molar-refractivity contribution in [1.29, 1.82) is 0 Å². The molecule has 0 aliphatic rings. The summed E-state index contributed by atoms with van der Waals surface area (Å²) in [5.74, 6) is 0.721. The first-order valence-corrected chi connectivity index (χ1v) is 6.36. The Hall–Kier alpha value is -1.72. The third kappa shape index (κ3) is 3.39. The third-order valence-corrected chi connectivity index (χ3v) is 2.95. The van der Waals surface area contributed by atoms with Crippen LogP contribution in [0.2, 0.25) is 0 Å². The zero-order valence-electron chi connectivity index (χ0n) is 11.6. The van der Waals surface area contributed by atoms with E-state index in [0.717, 1.165) is 22.3 Å². The van der Waals surface area contributed by atoms with Crippen LogP contribution in [0, 0.1) is 6.92 Å². The van der Waals surface area contributed by atoms with E-state index in [1.165, 1.54) is 0 Å². The van der Waals surface area contributed by atoms with E-state index in [9.17, 15) is 5.11 Å². The Bertz CT molecular complexity index is 556. The summed E-state index contributed by atoms with van der Waals surface area (Å²) in [6.45, 7) is 3.02. The predicted octanol–water partition coefficient (Wildman–Crippen LogP) is 1.27. The molecule has 0 spiro atoms. The average molecular weight is 260 g/mol. The molecule has 0 aliphatic heterocycles. The number of aromatic nitrogens is 2. The van der Waals surface area contributed by atoms with Crippen molar-refractivity contribution in [3.8, 4) is 0 Å². The maximum atomic E-state index is 9.86. The second kappa shape index (κ2) is 5.95. The number of hydrogen-bond acceptors (Lipinski definition) is 5. The van der Waals surface area contributed by atoms with Gasteiger partial charge in [-0.25, -0.2) is 0 Å². The molecule has 1 atom stereocenters. The van der Waals surface area contributed by atoms with Gasteiger partial charge in [-0.3, -0.25) is 0 Å². The van der Waals surface area contributed by atoms with Gasteiger partial charge in [0.15, 0.2) is 5.82 Å². The average Bonchev–Trinajstić information content (AvgIpc) is 2.37. The molecule has 0 amide bonds. The molecule has 5 heteroatoms. The van der Waals surface area contributed by atoms with Crippen LogP contribution < -0.4 is 5.32 Å². The number of nitrogens with one attached hydrogen (secondary N) is 1. The van der Waals surface area contributed by atoms with E-state index in [4.69, 9.17) is 0 Å². The fourth-order valence-electron chi connectivity index (χ4n) is 2.07. The Morgan fingerprint density at radius 3 is 2.58 bits per heavy atom. The fraction of sp³-hybridized carbons (Fsp3) is 0.429. The second-order valence-electron chi connectivity index (χ2n) is 4.98. The number of aliphatic hydroxyl groups excluding tert-OH is 1. The minimum atomic E-state index is -0.433. The van der Waals surface area contributed by atoms with Gasteiger partial charge >= 0.3 is 0 Å². The quantitative estimate of drug-likeness (QED) is 0.848. The molecule has 0 saturated heterocycles. The highest BCUT2D eigenvalue weighted by atomic mass is 16.3. The van der Waals surface area contributed by atoms with Gasteiger partial charge in [-0.05, 0) is 21.0 Å². The van der Waals surface area contributed by atoms with E-state index >= 15 is 0 Å². The standard InChI is InChI=1S/C14H20N4O/c1-10-12-6-4-5-7-13(12)14(17-16-10)15-8-11(19)9-18(2)3/h4-7,11,19H,8-9H2,1-3H3,(H,15,17). The summed E-state index contributed by atoms with van der Waals surface area (Å²) in [6.07, 6.45) is -0.433. The molecule has 0 saturated carbocycles. The third-order valence-electron chi connectivity index (χ3n) is 2.95. The molecule has 0 bridgehead atoms. The van der Waals surface area contributed by atoms with Gasteiger partial charge in [0.2, 0.25) is 0 Å². The van der Waals surface area contributed by atoms with Gasteiger partial charge in [0.05, 0.1) is 11.8 Å². The summed E-state index contributed by atoms with van der Waals surface area (Å²) >= 11 is 0.